The standard InChI is InChI=1S/C14H21N3O/c15-13-16-11-10(12(18)17-13)6-2-5-9-14(11)7-3-1-4-8-14/h1-9H2,(H3,15,16,17,18). The second kappa shape index (κ2) is 4.41. The lowest BCUT2D eigenvalue weighted by molar-refractivity contribution is 0.264. The van der Waals surface area contributed by atoms with E-state index in [1.807, 2.05) is 0 Å². The van der Waals surface area contributed by atoms with Gasteiger partial charge in [0.1, 0.15) is 0 Å². The first-order valence-corrected chi connectivity index (χ1v) is 7.07. The average molecular weight is 247 g/mol. The summed E-state index contributed by atoms with van der Waals surface area (Å²) < 4.78 is 0. The van der Waals surface area contributed by atoms with Crippen LogP contribution < -0.4 is 5.73 Å². The molecular formula is C14H21N3O. The predicted molar refractivity (Wildman–Crippen MR) is 70.4 cm³/mol. The zero-order valence-corrected chi connectivity index (χ0v) is 10.8. The van der Waals surface area contributed by atoms with E-state index in [1.165, 1.54) is 44.9 Å². The number of hydrogen-bond acceptors (Lipinski definition) is 4. The van der Waals surface area contributed by atoms with Gasteiger partial charge in [0.2, 0.25) is 11.8 Å². The summed E-state index contributed by atoms with van der Waals surface area (Å²) in [7, 11) is 0. The van der Waals surface area contributed by atoms with Gasteiger partial charge in [0.05, 0.1) is 5.69 Å². The lowest BCUT2D eigenvalue weighted by Gasteiger charge is -2.37. The molecular weight excluding hydrogens is 226 g/mol. The van der Waals surface area contributed by atoms with Crippen molar-refractivity contribution in [2.45, 2.75) is 63.2 Å². The Hall–Kier alpha value is -1.32. The summed E-state index contributed by atoms with van der Waals surface area (Å²) in [6.07, 6.45) is 10.7. The van der Waals surface area contributed by atoms with Crippen LogP contribution in [0.4, 0.5) is 5.95 Å². The molecule has 0 radical (unpaired) electrons. The molecule has 0 aromatic carbocycles. The molecule has 1 aromatic heterocycles. The Morgan fingerprint density at radius 1 is 0.944 bits per heavy atom. The Morgan fingerprint density at radius 2 is 1.61 bits per heavy atom. The summed E-state index contributed by atoms with van der Waals surface area (Å²) in [6.45, 7) is 0. The lowest BCUT2D eigenvalue weighted by Crippen LogP contribution is -2.31. The highest BCUT2D eigenvalue weighted by molar-refractivity contribution is 5.40. The first kappa shape index (κ1) is 11.8. The Morgan fingerprint density at radius 3 is 2.33 bits per heavy atom. The van der Waals surface area contributed by atoms with Gasteiger partial charge in [-0.1, -0.05) is 25.7 Å². The number of hydrogen-bond donors (Lipinski definition) is 2. The molecule has 4 heteroatoms. The van der Waals surface area contributed by atoms with Crippen LogP contribution in [-0.4, -0.2) is 15.1 Å². The smallest absolute Gasteiger partial charge is 0.223 e. The third kappa shape index (κ3) is 1.84. The molecule has 1 fully saturated rings. The van der Waals surface area contributed by atoms with Gasteiger partial charge in [-0.15, -0.1) is 0 Å². The van der Waals surface area contributed by atoms with Crippen molar-refractivity contribution in [1.29, 1.82) is 0 Å². The minimum Gasteiger partial charge on any atom is -0.493 e. The molecule has 98 valence electrons. The van der Waals surface area contributed by atoms with Crippen molar-refractivity contribution in [3.8, 4) is 5.88 Å². The maximum atomic E-state index is 10.0. The molecule has 0 unspecified atom stereocenters. The van der Waals surface area contributed by atoms with Crippen LogP contribution in [0.25, 0.3) is 0 Å². The van der Waals surface area contributed by atoms with Gasteiger partial charge in [-0.25, -0.2) is 4.98 Å². The van der Waals surface area contributed by atoms with Gasteiger partial charge in [0, 0.05) is 11.0 Å². The quantitative estimate of drug-likeness (QED) is 0.739. The molecule has 0 atom stereocenters. The van der Waals surface area contributed by atoms with Gasteiger partial charge in [-0.2, -0.15) is 4.98 Å². The van der Waals surface area contributed by atoms with Gasteiger partial charge in [-0.3, -0.25) is 0 Å². The molecule has 4 nitrogen and oxygen atoms in total. The molecule has 18 heavy (non-hydrogen) atoms. The number of nitrogen functional groups attached to an aromatic ring is 1. The van der Waals surface area contributed by atoms with Crippen molar-refractivity contribution < 1.29 is 5.11 Å². The van der Waals surface area contributed by atoms with Crippen molar-refractivity contribution in [1.82, 2.24) is 9.97 Å². The van der Waals surface area contributed by atoms with Crippen LogP contribution in [-0.2, 0) is 11.8 Å². The molecule has 2 aliphatic rings. The van der Waals surface area contributed by atoms with E-state index in [0.717, 1.165) is 24.1 Å². The van der Waals surface area contributed by atoms with Crippen LogP contribution in [0.15, 0.2) is 0 Å². The van der Waals surface area contributed by atoms with Crippen molar-refractivity contribution in [3.05, 3.63) is 11.3 Å². The number of fused-ring (bicyclic) bond motifs is 2. The molecule has 1 spiro atoms. The molecule has 0 saturated heterocycles. The zero-order chi connectivity index (χ0) is 12.6. The predicted octanol–water partition coefficient (Wildman–Crippen LogP) is 2.69. The van der Waals surface area contributed by atoms with Gasteiger partial charge in [0.15, 0.2) is 0 Å². The number of aromatic hydroxyl groups is 1. The normalized spacial score (nSPS) is 22.4. The fourth-order valence-corrected chi connectivity index (χ4v) is 3.76. The Kier molecular flexibility index (Phi) is 2.88. The zero-order valence-electron chi connectivity index (χ0n) is 10.8. The van der Waals surface area contributed by atoms with Crippen LogP contribution in [0.1, 0.15) is 62.6 Å². The van der Waals surface area contributed by atoms with E-state index >= 15 is 0 Å². The number of nitrogens with zero attached hydrogens (tertiary/aromatic N) is 2. The van der Waals surface area contributed by atoms with Gasteiger partial charge >= 0.3 is 0 Å². The molecule has 1 saturated carbocycles. The van der Waals surface area contributed by atoms with Crippen LogP contribution in [0.2, 0.25) is 0 Å². The molecule has 0 bridgehead atoms. The highest BCUT2D eigenvalue weighted by Crippen LogP contribution is 2.47. The molecule has 0 aliphatic heterocycles. The van der Waals surface area contributed by atoms with Crippen LogP contribution >= 0.6 is 0 Å². The Labute approximate surface area is 108 Å². The van der Waals surface area contributed by atoms with E-state index in [9.17, 15) is 5.11 Å². The van der Waals surface area contributed by atoms with Crippen molar-refractivity contribution >= 4 is 5.95 Å². The first-order valence-electron chi connectivity index (χ1n) is 7.07. The fourth-order valence-electron chi connectivity index (χ4n) is 3.76. The molecule has 3 rings (SSSR count). The summed E-state index contributed by atoms with van der Waals surface area (Å²) in [5.41, 5.74) is 7.93. The second-order valence-electron chi connectivity index (χ2n) is 5.78. The molecule has 1 heterocycles. The number of anilines is 1. The van der Waals surface area contributed by atoms with Crippen LogP contribution in [0, 0.1) is 0 Å². The van der Waals surface area contributed by atoms with E-state index in [2.05, 4.69) is 9.97 Å². The summed E-state index contributed by atoms with van der Waals surface area (Å²) in [5, 5.41) is 10.0. The number of nitrogens with two attached hydrogens (primary N) is 1. The summed E-state index contributed by atoms with van der Waals surface area (Å²) in [4.78, 5) is 8.45. The minimum atomic E-state index is 0.115. The van der Waals surface area contributed by atoms with Crippen molar-refractivity contribution in [2.75, 3.05) is 5.73 Å². The van der Waals surface area contributed by atoms with Crippen LogP contribution in [0.3, 0.4) is 0 Å². The van der Waals surface area contributed by atoms with E-state index in [-0.39, 0.29) is 17.2 Å². The van der Waals surface area contributed by atoms with E-state index < -0.39 is 0 Å². The van der Waals surface area contributed by atoms with Gasteiger partial charge in [0.25, 0.3) is 0 Å². The molecule has 1 aromatic rings. The van der Waals surface area contributed by atoms with E-state index in [4.69, 9.17) is 5.73 Å². The fraction of sp³-hybridized carbons (Fsp3) is 0.714. The highest BCUT2D eigenvalue weighted by Gasteiger charge is 2.39. The third-order valence-corrected chi connectivity index (χ3v) is 4.65. The number of aromatic nitrogens is 2. The summed E-state index contributed by atoms with van der Waals surface area (Å²) >= 11 is 0. The minimum absolute atomic E-state index is 0.115. The summed E-state index contributed by atoms with van der Waals surface area (Å²) in [5.74, 6) is 0.336. The monoisotopic (exact) mass is 247 g/mol. The largest absolute Gasteiger partial charge is 0.493 e. The van der Waals surface area contributed by atoms with Gasteiger partial charge < -0.3 is 10.8 Å². The topological polar surface area (TPSA) is 72.0 Å². The van der Waals surface area contributed by atoms with Crippen molar-refractivity contribution in [2.24, 2.45) is 0 Å². The van der Waals surface area contributed by atoms with E-state index in [1.54, 1.807) is 0 Å². The van der Waals surface area contributed by atoms with Gasteiger partial charge in [-0.05, 0) is 32.1 Å². The number of rotatable bonds is 0. The Balaban J connectivity index is 2.13. The lowest BCUT2D eigenvalue weighted by atomic mass is 9.68. The second-order valence-corrected chi connectivity index (χ2v) is 5.78. The first-order chi connectivity index (χ1) is 8.71. The summed E-state index contributed by atoms with van der Waals surface area (Å²) in [6, 6.07) is 0. The van der Waals surface area contributed by atoms with Crippen molar-refractivity contribution in [3.63, 3.8) is 0 Å². The molecule has 0 amide bonds. The maximum Gasteiger partial charge on any atom is 0.223 e. The maximum absolute atomic E-state index is 10.0. The molecule has 2 aliphatic carbocycles. The SMILES string of the molecule is Nc1nc(O)c2c(n1)C1(CCCCC1)CCCC2. The average Bonchev–Trinajstić information content (AvgIpc) is 2.52. The third-order valence-electron chi connectivity index (χ3n) is 4.65. The Bertz CT molecular complexity index is 453. The van der Waals surface area contributed by atoms with E-state index in [0.29, 0.717) is 0 Å². The van der Waals surface area contributed by atoms with Crippen LogP contribution in [0.5, 0.6) is 5.88 Å². The highest BCUT2D eigenvalue weighted by atomic mass is 16.3. The molecule has 3 N–H and O–H groups in total.